The molecule has 6 heteroatoms. The Morgan fingerprint density at radius 1 is 0.731 bits per heavy atom. The standard InChI is InChI=1S/C20H26N4O2/c1-15-7-5-9-17(13-15)23-19(25)21-11-3-4-12-22-20(26)24-18-10-6-8-16(2)14-18/h5-10,13-14H,3-4,11-12H2,1-2H3,(H2,21,23,25)(H2,22,24,26). The summed E-state index contributed by atoms with van der Waals surface area (Å²) in [7, 11) is 0. The molecule has 0 atom stereocenters. The Labute approximate surface area is 154 Å². The maximum absolute atomic E-state index is 11.8. The molecule has 4 N–H and O–H groups in total. The van der Waals surface area contributed by atoms with Crippen molar-refractivity contribution >= 4 is 23.4 Å². The van der Waals surface area contributed by atoms with Crippen LogP contribution < -0.4 is 21.3 Å². The van der Waals surface area contributed by atoms with Gasteiger partial charge in [-0.05, 0) is 62.1 Å². The van der Waals surface area contributed by atoms with E-state index in [1.54, 1.807) is 0 Å². The highest BCUT2D eigenvalue weighted by molar-refractivity contribution is 5.89. The first-order chi connectivity index (χ1) is 12.5. The largest absolute Gasteiger partial charge is 0.338 e. The molecule has 138 valence electrons. The minimum atomic E-state index is -0.222. The number of hydrogen-bond acceptors (Lipinski definition) is 2. The van der Waals surface area contributed by atoms with Crippen LogP contribution in [0.2, 0.25) is 0 Å². The van der Waals surface area contributed by atoms with Crippen LogP contribution in [0.3, 0.4) is 0 Å². The molecule has 0 heterocycles. The van der Waals surface area contributed by atoms with E-state index in [9.17, 15) is 9.59 Å². The summed E-state index contributed by atoms with van der Waals surface area (Å²) in [5.41, 5.74) is 3.74. The number of rotatable bonds is 7. The first-order valence-electron chi connectivity index (χ1n) is 8.76. The normalized spacial score (nSPS) is 10.1. The lowest BCUT2D eigenvalue weighted by Gasteiger charge is -2.09. The van der Waals surface area contributed by atoms with E-state index in [1.165, 1.54) is 0 Å². The van der Waals surface area contributed by atoms with Gasteiger partial charge in [-0.3, -0.25) is 0 Å². The monoisotopic (exact) mass is 354 g/mol. The fourth-order valence-electron chi connectivity index (χ4n) is 2.45. The van der Waals surface area contributed by atoms with E-state index in [2.05, 4.69) is 21.3 Å². The first kappa shape index (κ1) is 19.3. The van der Waals surface area contributed by atoms with E-state index in [0.29, 0.717) is 13.1 Å². The Bertz CT molecular complexity index is 683. The van der Waals surface area contributed by atoms with Gasteiger partial charge in [-0.1, -0.05) is 24.3 Å². The zero-order valence-corrected chi connectivity index (χ0v) is 15.3. The van der Waals surface area contributed by atoms with Gasteiger partial charge in [0, 0.05) is 24.5 Å². The molecule has 0 unspecified atom stereocenters. The summed E-state index contributed by atoms with van der Waals surface area (Å²) < 4.78 is 0. The number of urea groups is 2. The van der Waals surface area contributed by atoms with Crippen LogP contribution in [0, 0.1) is 13.8 Å². The number of hydrogen-bond donors (Lipinski definition) is 4. The summed E-state index contributed by atoms with van der Waals surface area (Å²) in [5, 5.41) is 11.2. The summed E-state index contributed by atoms with van der Waals surface area (Å²) in [6, 6.07) is 14.8. The average Bonchev–Trinajstić information content (AvgIpc) is 2.58. The highest BCUT2D eigenvalue weighted by atomic mass is 16.2. The molecule has 4 amide bonds. The number of unbranched alkanes of at least 4 members (excludes halogenated alkanes) is 1. The molecule has 2 aromatic carbocycles. The van der Waals surface area contributed by atoms with E-state index < -0.39 is 0 Å². The molecular weight excluding hydrogens is 328 g/mol. The Hall–Kier alpha value is -3.02. The Morgan fingerprint density at radius 3 is 1.54 bits per heavy atom. The number of anilines is 2. The SMILES string of the molecule is Cc1cccc(NC(=O)NCCCCNC(=O)Nc2cccc(C)c2)c1. The summed E-state index contributed by atoms with van der Waals surface area (Å²) in [6.07, 6.45) is 1.57. The molecule has 0 aliphatic heterocycles. The van der Waals surface area contributed by atoms with Crippen molar-refractivity contribution in [2.24, 2.45) is 0 Å². The van der Waals surface area contributed by atoms with Gasteiger partial charge in [0.2, 0.25) is 0 Å². The van der Waals surface area contributed by atoms with Crippen LogP contribution >= 0.6 is 0 Å². The summed E-state index contributed by atoms with van der Waals surface area (Å²) >= 11 is 0. The molecule has 0 radical (unpaired) electrons. The highest BCUT2D eigenvalue weighted by Crippen LogP contribution is 2.09. The summed E-state index contributed by atoms with van der Waals surface area (Å²) in [6.45, 7) is 5.06. The van der Waals surface area contributed by atoms with Crippen molar-refractivity contribution in [1.29, 1.82) is 0 Å². The van der Waals surface area contributed by atoms with Crippen LogP contribution in [0.25, 0.3) is 0 Å². The lowest BCUT2D eigenvalue weighted by molar-refractivity contribution is 0.250. The average molecular weight is 354 g/mol. The van der Waals surface area contributed by atoms with Gasteiger partial charge in [0.05, 0.1) is 0 Å². The van der Waals surface area contributed by atoms with Crippen molar-refractivity contribution in [1.82, 2.24) is 10.6 Å². The molecule has 0 spiro atoms. The third kappa shape index (κ3) is 7.25. The molecule has 26 heavy (non-hydrogen) atoms. The quantitative estimate of drug-likeness (QED) is 0.566. The molecule has 0 saturated carbocycles. The van der Waals surface area contributed by atoms with Crippen molar-refractivity contribution in [3.05, 3.63) is 59.7 Å². The third-order valence-corrected chi connectivity index (χ3v) is 3.73. The number of nitrogens with one attached hydrogen (secondary N) is 4. The van der Waals surface area contributed by atoms with Gasteiger partial charge in [0.15, 0.2) is 0 Å². The van der Waals surface area contributed by atoms with Crippen molar-refractivity contribution in [3.8, 4) is 0 Å². The van der Waals surface area contributed by atoms with Crippen LogP contribution in [0.15, 0.2) is 48.5 Å². The molecule has 0 aromatic heterocycles. The molecule has 6 nitrogen and oxygen atoms in total. The van der Waals surface area contributed by atoms with Gasteiger partial charge < -0.3 is 21.3 Å². The van der Waals surface area contributed by atoms with E-state index in [1.807, 2.05) is 62.4 Å². The van der Waals surface area contributed by atoms with Crippen molar-refractivity contribution < 1.29 is 9.59 Å². The van der Waals surface area contributed by atoms with Gasteiger partial charge in [-0.2, -0.15) is 0 Å². The number of benzene rings is 2. The topological polar surface area (TPSA) is 82.3 Å². The van der Waals surface area contributed by atoms with Gasteiger partial charge in [-0.15, -0.1) is 0 Å². The predicted molar refractivity (Wildman–Crippen MR) is 106 cm³/mol. The van der Waals surface area contributed by atoms with Crippen molar-refractivity contribution in [2.45, 2.75) is 26.7 Å². The Kier molecular flexibility index (Phi) is 7.49. The van der Waals surface area contributed by atoms with E-state index in [4.69, 9.17) is 0 Å². The lowest BCUT2D eigenvalue weighted by atomic mass is 10.2. The smallest absolute Gasteiger partial charge is 0.319 e. The minimum absolute atomic E-state index is 0.222. The second-order valence-corrected chi connectivity index (χ2v) is 6.21. The van der Waals surface area contributed by atoms with E-state index in [0.717, 1.165) is 35.3 Å². The molecule has 0 aliphatic rings. The lowest BCUT2D eigenvalue weighted by Crippen LogP contribution is -2.31. The molecule has 0 saturated heterocycles. The fourth-order valence-corrected chi connectivity index (χ4v) is 2.45. The summed E-state index contributed by atoms with van der Waals surface area (Å²) in [4.78, 5) is 23.6. The minimum Gasteiger partial charge on any atom is -0.338 e. The fraction of sp³-hybridized carbons (Fsp3) is 0.300. The van der Waals surface area contributed by atoms with Gasteiger partial charge in [0.1, 0.15) is 0 Å². The second-order valence-electron chi connectivity index (χ2n) is 6.21. The molecule has 0 aliphatic carbocycles. The number of carbonyl (C=O) groups excluding carboxylic acids is 2. The van der Waals surface area contributed by atoms with Gasteiger partial charge in [-0.25, -0.2) is 9.59 Å². The Balaban J connectivity index is 1.55. The molecule has 2 aromatic rings. The third-order valence-electron chi connectivity index (χ3n) is 3.73. The van der Waals surface area contributed by atoms with Crippen LogP contribution in [-0.2, 0) is 0 Å². The zero-order chi connectivity index (χ0) is 18.8. The van der Waals surface area contributed by atoms with Gasteiger partial charge >= 0.3 is 12.1 Å². The van der Waals surface area contributed by atoms with Crippen molar-refractivity contribution in [2.75, 3.05) is 23.7 Å². The first-order valence-corrected chi connectivity index (χ1v) is 8.76. The second kappa shape index (κ2) is 10.1. The Morgan fingerprint density at radius 2 is 1.15 bits per heavy atom. The maximum Gasteiger partial charge on any atom is 0.319 e. The van der Waals surface area contributed by atoms with Crippen LogP contribution in [-0.4, -0.2) is 25.2 Å². The van der Waals surface area contributed by atoms with Crippen LogP contribution in [0.4, 0.5) is 21.0 Å². The zero-order valence-electron chi connectivity index (χ0n) is 15.3. The predicted octanol–water partition coefficient (Wildman–Crippen LogP) is 4.03. The number of aryl methyl sites for hydroxylation is 2. The molecule has 0 fully saturated rings. The molecular formula is C20H26N4O2. The highest BCUT2D eigenvalue weighted by Gasteiger charge is 2.02. The molecule has 2 rings (SSSR count). The molecule has 0 bridgehead atoms. The number of carbonyl (C=O) groups is 2. The van der Waals surface area contributed by atoms with Gasteiger partial charge in [0.25, 0.3) is 0 Å². The summed E-state index contributed by atoms with van der Waals surface area (Å²) in [5.74, 6) is 0. The maximum atomic E-state index is 11.8. The van der Waals surface area contributed by atoms with E-state index in [-0.39, 0.29) is 12.1 Å². The van der Waals surface area contributed by atoms with Crippen molar-refractivity contribution in [3.63, 3.8) is 0 Å². The number of amides is 4. The van der Waals surface area contributed by atoms with Crippen LogP contribution in [0.1, 0.15) is 24.0 Å². The van der Waals surface area contributed by atoms with E-state index >= 15 is 0 Å². The van der Waals surface area contributed by atoms with Crippen LogP contribution in [0.5, 0.6) is 0 Å².